The van der Waals surface area contributed by atoms with Crippen molar-refractivity contribution in [2.45, 2.75) is 37.0 Å². The normalized spacial score (nSPS) is 20.9. The van der Waals surface area contributed by atoms with E-state index in [1.165, 1.54) is 7.11 Å². The Kier molecular flexibility index (Phi) is 13.1. The summed E-state index contributed by atoms with van der Waals surface area (Å²) in [4.78, 5) is 29.8. The zero-order valence-electron chi connectivity index (χ0n) is 33.9. The summed E-state index contributed by atoms with van der Waals surface area (Å²) in [6.45, 7) is 0.115. The fourth-order valence-corrected chi connectivity index (χ4v) is 12.9. The van der Waals surface area contributed by atoms with Crippen molar-refractivity contribution >= 4 is 59.6 Å². The standard InChI is InChI=1S/C52H44O8P2/c1-55-52-48(59-50(54)42-32-18-20-34-45(42)62(39-27-13-5-14-28-39)40-29-15-6-16-30-40)47(46-43(57-52)35-56-51(60-46)36-21-7-2-8-22-36)58-49(53)41-31-17-19-33-44(41)61(37-23-9-3-10-24-37)38-25-11-4-12-26-38/h2-34,43,46-48,51-52H,35H2,1H3/t43-,46-,47+,48-,51-,52+/m1/s1. The van der Waals surface area contributed by atoms with E-state index in [2.05, 4.69) is 48.5 Å². The fraction of sp³-hybridized carbons (Fsp3) is 0.154. The minimum absolute atomic E-state index is 0.115. The van der Waals surface area contributed by atoms with Gasteiger partial charge in [0.2, 0.25) is 0 Å². The third-order valence-electron chi connectivity index (χ3n) is 10.9. The summed E-state index contributed by atoms with van der Waals surface area (Å²) < 4.78 is 38.4. The molecule has 0 aromatic heterocycles. The van der Waals surface area contributed by atoms with E-state index in [4.69, 9.17) is 28.4 Å². The third kappa shape index (κ3) is 8.90. The van der Waals surface area contributed by atoms with Crippen molar-refractivity contribution in [2.24, 2.45) is 0 Å². The van der Waals surface area contributed by atoms with Gasteiger partial charge in [-0.05, 0) is 59.8 Å². The summed E-state index contributed by atoms with van der Waals surface area (Å²) in [5.41, 5.74) is 1.55. The molecule has 0 bridgehead atoms. The molecule has 8 nitrogen and oxygen atoms in total. The molecule has 6 atom stereocenters. The summed E-state index contributed by atoms with van der Waals surface area (Å²) in [7, 11) is -0.875. The summed E-state index contributed by atoms with van der Waals surface area (Å²) in [5.74, 6) is -1.20. The topological polar surface area (TPSA) is 89.5 Å². The number of carbonyl (C=O) groups excluding carboxylic acids is 2. The molecule has 9 rings (SSSR count). The highest BCUT2D eigenvalue weighted by Gasteiger charge is 2.54. The molecule has 2 aliphatic heterocycles. The van der Waals surface area contributed by atoms with Crippen LogP contribution in [0.2, 0.25) is 0 Å². The average Bonchev–Trinajstić information content (AvgIpc) is 3.34. The van der Waals surface area contributed by atoms with Crippen molar-refractivity contribution in [3.8, 4) is 0 Å². The molecule has 7 aromatic rings. The first-order valence-electron chi connectivity index (χ1n) is 20.5. The van der Waals surface area contributed by atoms with E-state index in [0.717, 1.165) is 37.4 Å². The Balaban J connectivity index is 1.10. The van der Waals surface area contributed by atoms with Crippen LogP contribution in [0.1, 0.15) is 32.6 Å². The lowest BCUT2D eigenvalue weighted by Gasteiger charge is -2.48. The van der Waals surface area contributed by atoms with Crippen molar-refractivity contribution < 1.29 is 38.0 Å². The predicted octanol–water partition coefficient (Wildman–Crippen LogP) is 7.44. The number of ether oxygens (including phenoxy) is 6. The van der Waals surface area contributed by atoms with Gasteiger partial charge in [-0.1, -0.05) is 188 Å². The number of carbonyl (C=O) groups is 2. The lowest BCUT2D eigenvalue weighted by Crippen LogP contribution is -2.64. The van der Waals surface area contributed by atoms with E-state index in [-0.39, 0.29) is 6.61 Å². The second-order valence-electron chi connectivity index (χ2n) is 14.7. The first kappa shape index (κ1) is 41.5. The predicted molar refractivity (Wildman–Crippen MR) is 244 cm³/mol. The lowest BCUT2D eigenvalue weighted by atomic mass is 9.97. The third-order valence-corrected chi connectivity index (χ3v) is 15.9. The Hall–Kier alpha value is -5.82. The number of methoxy groups -OCH3 is 1. The molecule has 0 aliphatic carbocycles. The number of fused-ring (bicyclic) bond motifs is 1. The molecule has 7 aromatic carbocycles. The minimum Gasteiger partial charge on any atom is -0.452 e. The quantitative estimate of drug-likeness (QED) is 0.0927. The first-order valence-corrected chi connectivity index (χ1v) is 23.2. The van der Waals surface area contributed by atoms with Crippen molar-refractivity contribution in [1.82, 2.24) is 0 Å². The van der Waals surface area contributed by atoms with Crippen LogP contribution in [0, 0.1) is 0 Å². The van der Waals surface area contributed by atoms with Crippen molar-refractivity contribution in [3.63, 3.8) is 0 Å². The summed E-state index contributed by atoms with van der Waals surface area (Å²) in [6.07, 6.45) is -5.96. The van der Waals surface area contributed by atoms with Gasteiger partial charge in [-0.3, -0.25) is 0 Å². The lowest BCUT2D eigenvalue weighted by molar-refractivity contribution is -0.356. The smallest absolute Gasteiger partial charge is 0.339 e. The van der Waals surface area contributed by atoms with E-state index in [0.29, 0.717) is 11.1 Å². The number of esters is 2. The Morgan fingerprint density at radius 2 is 0.871 bits per heavy atom. The van der Waals surface area contributed by atoms with Crippen LogP contribution >= 0.6 is 15.8 Å². The van der Waals surface area contributed by atoms with Crippen LogP contribution in [0.15, 0.2) is 200 Å². The van der Waals surface area contributed by atoms with E-state index < -0.39 is 64.8 Å². The highest BCUT2D eigenvalue weighted by Crippen LogP contribution is 2.40. The molecule has 2 aliphatic rings. The van der Waals surface area contributed by atoms with Crippen LogP contribution in [0.3, 0.4) is 0 Å². The molecule has 310 valence electrons. The molecular weight excluding hydrogens is 815 g/mol. The molecule has 0 spiro atoms. The molecule has 2 saturated heterocycles. The van der Waals surface area contributed by atoms with Gasteiger partial charge in [-0.25, -0.2) is 9.59 Å². The van der Waals surface area contributed by atoms with Crippen LogP contribution in [0.5, 0.6) is 0 Å². The molecule has 0 unspecified atom stereocenters. The van der Waals surface area contributed by atoms with Crippen LogP contribution in [0.25, 0.3) is 0 Å². The van der Waals surface area contributed by atoms with Crippen LogP contribution in [-0.4, -0.2) is 56.4 Å². The van der Waals surface area contributed by atoms with Gasteiger partial charge in [0.05, 0.1) is 17.7 Å². The van der Waals surface area contributed by atoms with Crippen LogP contribution < -0.4 is 31.8 Å². The molecular formula is C52H44O8P2. The number of hydrogen-bond acceptors (Lipinski definition) is 8. The average molecular weight is 859 g/mol. The monoisotopic (exact) mass is 858 g/mol. The second-order valence-corrected chi connectivity index (χ2v) is 19.1. The van der Waals surface area contributed by atoms with Gasteiger partial charge in [0.15, 0.2) is 24.8 Å². The zero-order chi connectivity index (χ0) is 42.3. The molecule has 0 saturated carbocycles. The molecule has 0 radical (unpaired) electrons. The maximum atomic E-state index is 15.0. The number of benzene rings is 7. The van der Waals surface area contributed by atoms with Crippen molar-refractivity contribution in [3.05, 3.63) is 217 Å². The Labute approximate surface area is 363 Å². The zero-order valence-corrected chi connectivity index (χ0v) is 35.7. The first-order chi connectivity index (χ1) is 30.6. The van der Waals surface area contributed by atoms with Gasteiger partial charge < -0.3 is 28.4 Å². The van der Waals surface area contributed by atoms with Gasteiger partial charge in [-0.15, -0.1) is 0 Å². The highest BCUT2D eigenvalue weighted by atomic mass is 31.1. The van der Waals surface area contributed by atoms with Gasteiger partial charge in [0.1, 0.15) is 12.2 Å². The van der Waals surface area contributed by atoms with Gasteiger partial charge in [0.25, 0.3) is 0 Å². The summed E-state index contributed by atoms with van der Waals surface area (Å²) in [5, 5.41) is 5.95. The largest absolute Gasteiger partial charge is 0.452 e. The maximum absolute atomic E-state index is 15.0. The second kappa shape index (κ2) is 19.5. The molecule has 0 N–H and O–H groups in total. The minimum atomic E-state index is -1.24. The van der Waals surface area contributed by atoms with Crippen molar-refractivity contribution in [2.75, 3.05) is 13.7 Å². The SMILES string of the molecule is CO[C@H]1O[C@@H]2CO[C@@H](c3ccccc3)O[C@H]2[C@H](OC(=O)c2ccccc2P(c2ccccc2)c2ccccc2)[C@H]1OC(=O)c1ccccc1P(c1ccccc1)c1ccccc1. The Morgan fingerprint density at radius 1 is 0.484 bits per heavy atom. The molecule has 2 fully saturated rings. The van der Waals surface area contributed by atoms with Crippen LogP contribution in [-0.2, 0) is 28.4 Å². The highest BCUT2D eigenvalue weighted by molar-refractivity contribution is 7.80. The number of hydrogen-bond donors (Lipinski definition) is 0. The van der Waals surface area contributed by atoms with E-state index in [9.17, 15) is 9.59 Å². The fourth-order valence-electron chi connectivity index (χ4n) is 7.99. The van der Waals surface area contributed by atoms with E-state index >= 15 is 0 Å². The van der Waals surface area contributed by atoms with Crippen molar-refractivity contribution in [1.29, 1.82) is 0 Å². The number of rotatable bonds is 12. The summed E-state index contributed by atoms with van der Waals surface area (Å²) >= 11 is 0. The van der Waals surface area contributed by atoms with Gasteiger partial charge in [0, 0.05) is 12.7 Å². The Bertz CT molecular complexity index is 2490. The van der Waals surface area contributed by atoms with Gasteiger partial charge in [-0.2, -0.15) is 0 Å². The van der Waals surface area contributed by atoms with Gasteiger partial charge >= 0.3 is 11.9 Å². The molecule has 0 amide bonds. The maximum Gasteiger partial charge on any atom is 0.339 e. The van der Waals surface area contributed by atoms with E-state index in [1.807, 2.05) is 140 Å². The molecule has 2 heterocycles. The van der Waals surface area contributed by atoms with Crippen LogP contribution in [0.4, 0.5) is 0 Å². The molecule has 10 heteroatoms. The summed E-state index contributed by atoms with van der Waals surface area (Å²) in [6, 6.07) is 65.2. The molecule has 62 heavy (non-hydrogen) atoms. The Morgan fingerprint density at radius 3 is 1.31 bits per heavy atom. The van der Waals surface area contributed by atoms with E-state index in [1.54, 1.807) is 12.1 Å².